The predicted octanol–water partition coefficient (Wildman–Crippen LogP) is 0.344. The molecule has 0 aromatic carbocycles. The summed E-state index contributed by atoms with van der Waals surface area (Å²) < 4.78 is 27.6. The molecular formula is C10H19N3O3S. The lowest BCUT2D eigenvalue weighted by Gasteiger charge is -2.02. The molecule has 7 heteroatoms. The second kappa shape index (κ2) is 6.73. The molecule has 0 aliphatic rings. The summed E-state index contributed by atoms with van der Waals surface area (Å²) in [5.74, 6) is 0. The van der Waals surface area contributed by atoms with Crippen molar-refractivity contribution in [3.8, 4) is 0 Å². The van der Waals surface area contributed by atoms with Crippen LogP contribution in [0.3, 0.4) is 0 Å². The zero-order chi connectivity index (χ0) is 12.7. The van der Waals surface area contributed by atoms with E-state index in [4.69, 9.17) is 5.11 Å². The first kappa shape index (κ1) is 14.1. The van der Waals surface area contributed by atoms with Gasteiger partial charge in [-0.25, -0.2) is 13.1 Å². The van der Waals surface area contributed by atoms with Gasteiger partial charge in [-0.3, -0.25) is 4.68 Å². The Bertz CT molecular complexity index is 428. The summed E-state index contributed by atoms with van der Waals surface area (Å²) in [6.45, 7) is 3.03. The SMILES string of the molecule is CCCCNS(=O)(=O)c1cnn(CCCO)c1. The maximum atomic E-state index is 11.8. The maximum absolute atomic E-state index is 11.8. The minimum atomic E-state index is -3.43. The Morgan fingerprint density at radius 3 is 2.88 bits per heavy atom. The standard InChI is InChI=1S/C10H19N3O3S/c1-2-3-5-12-17(15,16)10-8-11-13(9-10)6-4-7-14/h8-9,12,14H,2-7H2,1H3. The molecule has 0 aliphatic carbocycles. The van der Waals surface area contributed by atoms with Crippen LogP contribution in [0.1, 0.15) is 26.2 Å². The fraction of sp³-hybridized carbons (Fsp3) is 0.700. The predicted molar refractivity (Wildman–Crippen MR) is 64.0 cm³/mol. The molecule has 98 valence electrons. The van der Waals surface area contributed by atoms with E-state index in [-0.39, 0.29) is 11.5 Å². The van der Waals surface area contributed by atoms with E-state index in [0.29, 0.717) is 19.5 Å². The topological polar surface area (TPSA) is 84.2 Å². The second-order valence-electron chi connectivity index (χ2n) is 3.77. The summed E-state index contributed by atoms with van der Waals surface area (Å²) in [6.07, 6.45) is 5.12. The molecule has 0 spiro atoms. The van der Waals surface area contributed by atoms with Crippen LogP contribution in [0.4, 0.5) is 0 Å². The Morgan fingerprint density at radius 1 is 1.47 bits per heavy atom. The number of aliphatic hydroxyl groups is 1. The number of hydrogen-bond donors (Lipinski definition) is 2. The van der Waals surface area contributed by atoms with Gasteiger partial charge in [-0.2, -0.15) is 5.10 Å². The normalized spacial score (nSPS) is 11.9. The highest BCUT2D eigenvalue weighted by molar-refractivity contribution is 7.89. The van der Waals surface area contributed by atoms with Gasteiger partial charge in [0.1, 0.15) is 4.90 Å². The number of aliphatic hydroxyl groups excluding tert-OH is 1. The number of nitrogens with zero attached hydrogens (tertiary/aromatic N) is 2. The van der Waals surface area contributed by atoms with Crippen molar-refractivity contribution < 1.29 is 13.5 Å². The number of hydrogen-bond acceptors (Lipinski definition) is 4. The molecule has 1 aromatic heterocycles. The molecule has 0 saturated heterocycles. The number of aromatic nitrogens is 2. The summed E-state index contributed by atoms with van der Waals surface area (Å²) in [4.78, 5) is 0.173. The van der Waals surface area contributed by atoms with Crippen LogP contribution >= 0.6 is 0 Å². The molecule has 0 atom stereocenters. The Kier molecular flexibility index (Phi) is 5.60. The van der Waals surface area contributed by atoms with Crippen LogP contribution in [0.2, 0.25) is 0 Å². The Labute approximate surface area is 102 Å². The van der Waals surface area contributed by atoms with Crippen molar-refractivity contribution in [2.24, 2.45) is 0 Å². The van der Waals surface area contributed by atoms with Crippen LogP contribution in [0.15, 0.2) is 17.3 Å². The third-order valence-corrected chi connectivity index (χ3v) is 3.70. The van der Waals surface area contributed by atoms with Gasteiger partial charge in [0.15, 0.2) is 0 Å². The van der Waals surface area contributed by atoms with Gasteiger partial charge in [0.05, 0.1) is 6.20 Å². The van der Waals surface area contributed by atoms with E-state index in [1.165, 1.54) is 17.1 Å². The van der Waals surface area contributed by atoms with E-state index in [1.807, 2.05) is 6.92 Å². The summed E-state index contributed by atoms with van der Waals surface area (Å²) in [6, 6.07) is 0. The van der Waals surface area contributed by atoms with E-state index < -0.39 is 10.0 Å². The number of sulfonamides is 1. The van der Waals surface area contributed by atoms with Gasteiger partial charge in [-0.05, 0) is 12.8 Å². The highest BCUT2D eigenvalue weighted by Crippen LogP contribution is 2.07. The van der Waals surface area contributed by atoms with Crippen molar-refractivity contribution in [2.75, 3.05) is 13.2 Å². The fourth-order valence-corrected chi connectivity index (χ4v) is 2.33. The van der Waals surface area contributed by atoms with E-state index >= 15 is 0 Å². The van der Waals surface area contributed by atoms with Gasteiger partial charge in [0.25, 0.3) is 0 Å². The molecule has 0 aliphatic heterocycles. The molecule has 6 nitrogen and oxygen atoms in total. The summed E-state index contributed by atoms with van der Waals surface area (Å²) in [5, 5.41) is 12.6. The number of aryl methyl sites for hydroxylation is 1. The molecule has 0 bridgehead atoms. The average molecular weight is 261 g/mol. The van der Waals surface area contributed by atoms with Crippen molar-refractivity contribution >= 4 is 10.0 Å². The molecule has 0 radical (unpaired) electrons. The Morgan fingerprint density at radius 2 is 2.24 bits per heavy atom. The average Bonchev–Trinajstić information content (AvgIpc) is 2.76. The maximum Gasteiger partial charge on any atom is 0.243 e. The lowest BCUT2D eigenvalue weighted by Crippen LogP contribution is -2.24. The van der Waals surface area contributed by atoms with Crippen molar-refractivity contribution in [1.29, 1.82) is 0 Å². The largest absolute Gasteiger partial charge is 0.396 e. The van der Waals surface area contributed by atoms with Gasteiger partial charge in [0.2, 0.25) is 10.0 Å². The third kappa shape index (κ3) is 4.45. The van der Waals surface area contributed by atoms with Gasteiger partial charge >= 0.3 is 0 Å². The van der Waals surface area contributed by atoms with E-state index in [9.17, 15) is 8.42 Å². The summed E-state index contributed by atoms with van der Waals surface area (Å²) in [5.41, 5.74) is 0. The van der Waals surface area contributed by atoms with Crippen LogP contribution in [0, 0.1) is 0 Å². The fourth-order valence-electron chi connectivity index (χ4n) is 1.31. The molecule has 17 heavy (non-hydrogen) atoms. The Balaban J connectivity index is 2.61. The van der Waals surface area contributed by atoms with E-state index in [2.05, 4.69) is 9.82 Å². The minimum absolute atomic E-state index is 0.0662. The lowest BCUT2D eigenvalue weighted by atomic mass is 10.3. The summed E-state index contributed by atoms with van der Waals surface area (Å²) >= 11 is 0. The minimum Gasteiger partial charge on any atom is -0.396 e. The molecule has 0 unspecified atom stereocenters. The van der Waals surface area contributed by atoms with E-state index in [0.717, 1.165) is 12.8 Å². The lowest BCUT2D eigenvalue weighted by molar-refractivity contribution is 0.277. The first-order valence-electron chi connectivity index (χ1n) is 5.73. The molecule has 0 fully saturated rings. The molecule has 2 N–H and O–H groups in total. The first-order chi connectivity index (χ1) is 8.10. The van der Waals surface area contributed by atoms with Crippen LogP contribution in [-0.2, 0) is 16.6 Å². The first-order valence-corrected chi connectivity index (χ1v) is 7.21. The molecule has 1 aromatic rings. The number of nitrogens with one attached hydrogen (secondary N) is 1. The van der Waals surface area contributed by atoms with Gasteiger partial charge in [0, 0.05) is 25.9 Å². The monoisotopic (exact) mass is 261 g/mol. The molecule has 1 rings (SSSR count). The molecule has 0 saturated carbocycles. The highest BCUT2D eigenvalue weighted by Gasteiger charge is 2.15. The Hall–Kier alpha value is -0.920. The highest BCUT2D eigenvalue weighted by atomic mass is 32.2. The summed E-state index contributed by atoms with van der Waals surface area (Å²) in [7, 11) is -3.43. The third-order valence-electron chi connectivity index (χ3n) is 2.29. The molecule has 1 heterocycles. The molecular weight excluding hydrogens is 242 g/mol. The quantitative estimate of drug-likeness (QED) is 0.661. The van der Waals surface area contributed by atoms with E-state index in [1.54, 1.807) is 0 Å². The van der Waals surface area contributed by atoms with Crippen LogP contribution in [-0.4, -0.2) is 36.5 Å². The van der Waals surface area contributed by atoms with Gasteiger partial charge < -0.3 is 5.11 Å². The van der Waals surface area contributed by atoms with Crippen molar-refractivity contribution in [2.45, 2.75) is 37.6 Å². The van der Waals surface area contributed by atoms with Gasteiger partial charge in [-0.15, -0.1) is 0 Å². The zero-order valence-corrected chi connectivity index (χ0v) is 10.8. The van der Waals surface area contributed by atoms with Crippen LogP contribution < -0.4 is 4.72 Å². The van der Waals surface area contributed by atoms with Crippen molar-refractivity contribution in [1.82, 2.24) is 14.5 Å². The molecule has 0 amide bonds. The van der Waals surface area contributed by atoms with Crippen LogP contribution in [0.25, 0.3) is 0 Å². The number of rotatable bonds is 8. The number of unbranched alkanes of at least 4 members (excludes halogenated alkanes) is 1. The second-order valence-corrected chi connectivity index (χ2v) is 5.53. The zero-order valence-electron chi connectivity index (χ0n) is 9.96. The van der Waals surface area contributed by atoms with Gasteiger partial charge in [-0.1, -0.05) is 13.3 Å². The smallest absolute Gasteiger partial charge is 0.243 e. The van der Waals surface area contributed by atoms with Crippen molar-refractivity contribution in [3.05, 3.63) is 12.4 Å². The van der Waals surface area contributed by atoms with Crippen molar-refractivity contribution in [3.63, 3.8) is 0 Å². The van der Waals surface area contributed by atoms with Crippen LogP contribution in [0.5, 0.6) is 0 Å².